The van der Waals surface area contributed by atoms with Crippen LogP contribution in [0.1, 0.15) is 12.6 Å². The minimum absolute atomic E-state index is 0.0564. The summed E-state index contributed by atoms with van der Waals surface area (Å²) in [4.78, 5) is 28.5. The second kappa shape index (κ2) is 7.93. The SMILES string of the molecule is CNC(=O)C[NH2+]Cc1csc(N(C(C)=O)c2ccc(F)cc2F)n1. The molecule has 0 saturated heterocycles. The van der Waals surface area contributed by atoms with Gasteiger partial charge in [0.2, 0.25) is 5.91 Å². The summed E-state index contributed by atoms with van der Waals surface area (Å²) in [6.45, 7) is 1.98. The largest absolute Gasteiger partial charge is 0.354 e. The summed E-state index contributed by atoms with van der Waals surface area (Å²) in [5.74, 6) is -2.10. The number of thiazole rings is 1. The van der Waals surface area contributed by atoms with Crippen LogP contribution in [0, 0.1) is 11.6 Å². The molecule has 2 rings (SSSR count). The van der Waals surface area contributed by atoms with E-state index in [4.69, 9.17) is 0 Å². The number of aromatic nitrogens is 1. The number of nitrogens with two attached hydrogens (primary N) is 1. The number of carbonyl (C=O) groups excluding carboxylic acids is 2. The van der Waals surface area contributed by atoms with Crippen molar-refractivity contribution in [2.75, 3.05) is 18.5 Å². The lowest BCUT2D eigenvalue weighted by Gasteiger charge is -2.18. The van der Waals surface area contributed by atoms with Crippen LogP contribution in [0.3, 0.4) is 0 Å². The quantitative estimate of drug-likeness (QED) is 0.809. The van der Waals surface area contributed by atoms with Gasteiger partial charge in [-0.25, -0.2) is 13.8 Å². The summed E-state index contributed by atoms with van der Waals surface area (Å²) >= 11 is 1.17. The highest BCUT2D eigenvalue weighted by Gasteiger charge is 2.21. The average molecular weight is 355 g/mol. The number of quaternary nitrogens is 1. The number of carbonyl (C=O) groups is 2. The average Bonchev–Trinajstić information content (AvgIpc) is 2.97. The Kier molecular flexibility index (Phi) is 5.93. The van der Waals surface area contributed by atoms with E-state index in [1.165, 1.54) is 24.3 Å². The molecule has 0 bridgehead atoms. The molecule has 1 aromatic carbocycles. The number of rotatable bonds is 6. The molecule has 1 heterocycles. The van der Waals surface area contributed by atoms with Crippen molar-refractivity contribution in [1.29, 1.82) is 0 Å². The standard InChI is InChI=1S/C15H16F2N4O2S/c1-9(22)21(13-4-3-10(16)5-12(13)17)15-20-11(8-24-15)6-19-7-14(23)18-2/h3-5,8,19H,6-7H2,1-2H3,(H,18,23)/p+1. The maximum Gasteiger partial charge on any atom is 0.274 e. The third kappa shape index (κ3) is 4.33. The summed E-state index contributed by atoms with van der Waals surface area (Å²) in [7, 11) is 1.55. The molecule has 0 atom stereocenters. The Bertz CT molecular complexity index is 751. The number of likely N-dealkylation sites (N-methyl/N-ethyl adjacent to an activating group) is 1. The topological polar surface area (TPSA) is 78.9 Å². The zero-order valence-corrected chi connectivity index (χ0v) is 14.0. The van der Waals surface area contributed by atoms with Crippen LogP contribution in [-0.2, 0) is 16.1 Å². The van der Waals surface area contributed by atoms with Gasteiger partial charge in [0.1, 0.15) is 23.9 Å². The van der Waals surface area contributed by atoms with Crippen LogP contribution < -0.4 is 15.5 Å². The number of nitrogens with zero attached hydrogens (tertiary/aromatic N) is 2. The molecule has 2 aromatic rings. The number of halogens is 2. The summed E-state index contributed by atoms with van der Waals surface area (Å²) < 4.78 is 27.0. The van der Waals surface area contributed by atoms with Crippen LogP contribution >= 0.6 is 11.3 Å². The molecule has 0 unspecified atom stereocenters. The molecule has 1 aromatic heterocycles. The smallest absolute Gasteiger partial charge is 0.274 e. The molecule has 0 fully saturated rings. The zero-order chi connectivity index (χ0) is 17.7. The summed E-state index contributed by atoms with van der Waals surface area (Å²) in [6, 6.07) is 3.00. The molecular formula is C15H17F2N4O2S+. The molecule has 128 valence electrons. The molecule has 0 aliphatic rings. The molecule has 0 saturated carbocycles. The van der Waals surface area contributed by atoms with Crippen molar-refractivity contribution >= 4 is 34.0 Å². The Labute approximate surface area is 141 Å². The summed E-state index contributed by atoms with van der Waals surface area (Å²) in [5.41, 5.74) is 0.604. The van der Waals surface area contributed by atoms with Gasteiger partial charge < -0.3 is 10.6 Å². The number of nitrogens with one attached hydrogen (secondary N) is 1. The normalized spacial score (nSPS) is 10.5. The summed E-state index contributed by atoms with van der Waals surface area (Å²) in [5, 5.41) is 6.28. The highest BCUT2D eigenvalue weighted by Crippen LogP contribution is 2.30. The Balaban J connectivity index is 2.18. The van der Waals surface area contributed by atoms with Crippen LogP contribution in [0.25, 0.3) is 0 Å². The Morgan fingerprint density at radius 2 is 2.12 bits per heavy atom. The molecular weight excluding hydrogens is 338 g/mol. The second-order valence-corrected chi connectivity index (χ2v) is 5.78. The first kappa shape index (κ1) is 18.0. The molecule has 0 spiro atoms. The van der Waals surface area contributed by atoms with E-state index < -0.39 is 17.5 Å². The van der Waals surface area contributed by atoms with E-state index in [-0.39, 0.29) is 23.3 Å². The molecule has 6 nitrogen and oxygen atoms in total. The first-order valence-electron chi connectivity index (χ1n) is 7.14. The van der Waals surface area contributed by atoms with Crippen molar-refractivity contribution in [2.24, 2.45) is 0 Å². The maximum absolute atomic E-state index is 14.0. The zero-order valence-electron chi connectivity index (χ0n) is 13.2. The monoisotopic (exact) mass is 355 g/mol. The van der Waals surface area contributed by atoms with Gasteiger partial charge in [0, 0.05) is 25.4 Å². The number of hydrogen-bond donors (Lipinski definition) is 2. The minimum atomic E-state index is -0.840. The van der Waals surface area contributed by atoms with Gasteiger partial charge in [-0.2, -0.15) is 0 Å². The van der Waals surface area contributed by atoms with Gasteiger partial charge in [-0.05, 0) is 12.1 Å². The Morgan fingerprint density at radius 1 is 1.38 bits per heavy atom. The van der Waals surface area contributed by atoms with E-state index in [9.17, 15) is 18.4 Å². The number of benzene rings is 1. The molecule has 3 N–H and O–H groups in total. The van der Waals surface area contributed by atoms with Crippen LogP contribution in [-0.4, -0.2) is 30.4 Å². The maximum atomic E-state index is 14.0. The van der Waals surface area contributed by atoms with Crippen LogP contribution in [0.5, 0.6) is 0 Å². The van der Waals surface area contributed by atoms with Crippen LogP contribution in [0.15, 0.2) is 23.6 Å². The van der Waals surface area contributed by atoms with Crippen molar-refractivity contribution in [3.63, 3.8) is 0 Å². The van der Waals surface area contributed by atoms with Crippen molar-refractivity contribution in [3.8, 4) is 0 Å². The fourth-order valence-electron chi connectivity index (χ4n) is 2.02. The predicted octanol–water partition coefficient (Wildman–Crippen LogP) is 0.915. The van der Waals surface area contributed by atoms with E-state index in [2.05, 4.69) is 10.3 Å². The molecule has 0 radical (unpaired) electrons. The van der Waals surface area contributed by atoms with Crippen LogP contribution in [0.2, 0.25) is 0 Å². The fourth-order valence-corrected chi connectivity index (χ4v) is 2.91. The molecule has 2 amide bonds. The second-order valence-electron chi connectivity index (χ2n) is 4.94. The molecule has 0 aliphatic carbocycles. The van der Waals surface area contributed by atoms with Gasteiger partial charge in [-0.15, -0.1) is 11.3 Å². The fraction of sp³-hybridized carbons (Fsp3) is 0.267. The van der Waals surface area contributed by atoms with Gasteiger partial charge in [0.25, 0.3) is 5.91 Å². The highest BCUT2D eigenvalue weighted by atomic mass is 32.1. The van der Waals surface area contributed by atoms with Gasteiger partial charge in [0.05, 0.1) is 5.69 Å². The third-order valence-electron chi connectivity index (χ3n) is 3.16. The first-order chi connectivity index (χ1) is 11.4. The number of anilines is 2. The van der Waals surface area contributed by atoms with Crippen molar-refractivity contribution in [1.82, 2.24) is 10.3 Å². The van der Waals surface area contributed by atoms with Crippen LogP contribution in [0.4, 0.5) is 19.6 Å². The molecule has 24 heavy (non-hydrogen) atoms. The van der Waals surface area contributed by atoms with E-state index in [1.54, 1.807) is 17.7 Å². The van der Waals surface area contributed by atoms with E-state index >= 15 is 0 Å². The Morgan fingerprint density at radius 3 is 2.75 bits per heavy atom. The molecule has 0 aliphatic heterocycles. The van der Waals surface area contributed by atoms with Crippen molar-refractivity contribution < 1.29 is 23.7 Å². The number of amides is 2. The van der Waals surface area contributed by atoms with E-state index in [1.807, 2.05) is 0 Å². The van der Waals surface area contributed by atoms with Gasteiger partial charge in [0.15, 0.2) is 11.7 Å². The Hall–Kier alpha value is -2.39. The first-order valence-corrected chi connectivity index (χ1v) is 8.02. The minimum Gasteiger partial charge on any atom is -0.354 e. The lowest BCUT2D eigenvalue weighted by atomic mass is 10.2. The lowest BCUT2D eigenvalue weighted by molar-refractivity contribution is -0.660. The van der Waals surface area contributed by atoms with E-state index in [0.717, 1.165) is 17.0 Å². The molecule has 9 heteroatoms. The van der Waals surface area contributed by atoms with Gasteiger partial charge >= 0.3 is 0 Å². The number of hydrogen-bond acceptors (Lipinski definition) is 4. The van der Waals surface area contributed by atoms with Crippen molar-refractivity contribution in [2.45, 2.75) is 13.5 Å². The summed E-state index contributed by atoms with van der Waals surface area (Å²) in [6.07, 6.45) is 0. The highest BCUT2D eigenvalue weighted by molar-refractivity contribution is 7.14. The van der Waals surface area contributed by atoms with Crippen molar-refractivity contribution in [3.05, 3.63) is 40.9 Å². The van der Waals surface area contributed by atoms with Gasteiger partial charge in [-0.1, -0.05) is 0 Å². The lowest BCUT2D eigenvalue weighted by Crippen LogP contribution is -2.85. The van der Waals surface area contributed by atoms with Gasteiger partial charge in [-0.3, -0.25) is 14.5 Å². The van der Waals surface area contributed by atoms with E-state index in [0.29, 0.717) is 12.2 Å². The third-order valence-corrected chi connectivity index (χ3v) is 4.03. The predicted molar refractivity (Wildman–Crippen MR) is 85.9 cm³/mol.